The van der Waals surface area contributed by atoms with Gasteiger partial charge in [0.1, 0.15) is 0 Å². The Kier molecular flexibility index (Phi) is 5.53. The zero-order valence-corrected chi connectivity index (χ0v) is 11.0. The van der Waals surface area contributed by atoms with E-state index in [4.69, 9.17) is 11.1 Å². The first-order valence-electron chi connectivity index (χ1n) is 5.97. The van der Waals surface area contributed by atoms with E-state index in [0.29, 0.717) is 19.5 Å². The quantitative estimate of drug-likeness (QED) is 0.419. The van der Waals surface area contributed by atoms with Crippen LogP contribution in [0.2, 0.25) is 0 Å². The van der Waals surface area contributed by atoms with Crippen molar-refractivity contribution in [3.8, 4) is 0 Å². The van der Waals surface area contributed by atoms with Crippen LogP contribution in [0.25, 0.3) is 0 Å². The molecule has 1 aromatic heterocycles. The molecule has 0 saturated heterocycles. The van der Waals surface area contributed by atoms with Crippen LogP contribution >= 0.6 is 0 Å². The molecule has 6 nitrogen and oxygen atoms in total. The molecule has 2 amide bonds. The third-order valence-electron chi connectivity index (χ3n) is 2.62. The third-order valence-corrected chi connectivity index (χ3v) is 2.62. The highest BCUT2D eigenvalue weighted by molar-refractivity contribution is 5.93. The maximum Gasteiger partial charge on any atom is 0.324 e. The Morgan fingerprint density at radius 1 is 1.68 bits per heavy atom. The van der Waals surface area contributed by atoms with Crippen LogP contribution in [0.4, 0.5) is 4.79 Å². The number of nitrogens with two attached hydrogens (primary N) is 1. The number of hydrogen-bond acceptors (Lipinski definition) is 3. The molecular weight excluding hydrogens is 242 g/mol. The summed E-state index contributed by atoms with van der Waals surface area (Å²) < 4.78 is 0. The Hall–Kier alpha value is -2.37. The molecule has 4 N–H and O–H groups in total. The molecule has 1 rings (SSSR count). The lowest BCUT2D eigenvalue weighted by atomic mass is 10.1. The highest BCUT2D eigenvalue weighted by Gasteiger charge is 2.15. The molecule has 0 bridgehead atoms. The Bertz CT molecular complexity index is 472. The van der Waals surface area contributed by atoms with Crippen LogP contribution in [0.1, 0.15) is 11.3 Å². The number of aryl methyl sites for hydroxylation is 1. The number of pyridine rings is 1. The number of carbonyl (C=O) groups excluding carboxylic acids is 1. The number of nitrogens with one attached hydrogen (secondary N) is 2. The van der Waals surface area contributed by atoms with E-state index in [1.165, 1.54) is 4.90 Å². The third kappa shape index (κ3) is 4.42. The molecule has 0 unspecified atom stereocenters. The Balaban J connectivity index is 2.64. The highest BCUT2D eigenvalue weighted by Crippen LogP contribution is 2.05. The molecule has 0 atom stereocenters. The van der Waals surface area contributed by atoms with E-state index < -0.39 is 6.03 Å². The fraction of sp³-hybridized carbons (Fsp3) is 0.308. The van der Waals surface area contributed by atoms with Crippen LogP contribution in [0.5, 0.6) is 0 Å². The smallest absolute Gasteiger partial charge is 0.324 e. The van der Waals surface area contributed by atoms with Crippen LogP contribution in [-0.2, 0) is 6.42 Å². The molecule has 0 aliphatic rings. The van der Waals surface area contributed by atoms with Gasteiger partial charge in [-0.05, 0) is 18.6 Å². The summed E-state index contributed by atoms with van der Waals surface area (Å²) >= 11 is 0. The van der Waals surface area contributed by atoms with Crippen molar-refractivity contribution in [3.63, 3.8) is 0 Å². The molecule has 1 heterocycles. The van der Waals surface area contributed by atoms with Crippen molar-refractivity contribution in [2.75, 3.05) is 13.1 Å². The first-order chi connectivity index (χ1) is 9.06. The Morgan fingerprint density at radius 2 is 2.42 bits per heavy atom. The monoisotopic (exact) mass is 261 g/mol. The van der Waals surface area contributed by atoms with Crippen molar-refractivity contribution < 1.29 is 4.79 Å². The number of nitrogens with zero attached hydrogens (tertiary/aromatic N) is 2. The summed E-state index contributed by atoms with van der Waals surface area (Å²) in [5, 5.41) is 10.0. The van der Waals surface area contributed by atoms with Gasteiger partial charge in [-0.25, -0.2) is 4.79 Å². The van der Waals surface area contributed by atoms with E-state index in [9.17, 15) is 4.79 Å². The lowest BCUT2D eigenvalue weighted by Crippen LogP contribution is -2.47. The lowest BCUT2D eigenvalue weighted by molar-refractivity contribution is 0.221. The number of carbonyl (C=O) groups is 1. The molecule has 19 heavy (non-hydrogen) atoms. The standard InChI is InChI=1S/C13H19N5O/c1-3-7-17-13(19)18(12(14)15)9-6-11-10(2)5-4-8-16-11/h3-5,8H,1,6-7,9H2,2H3,(H3,14,15)(H,17,19). The van der Waals surface area contributed by atoms with Crippen molar-refractivity contribution in [2.24, 2.45) is 5.73 Å². The van der Waals surface area contributed by atoms with Gasteiger partial charge in [0.2, 0.25) is 0 Å². The fourth-order valence-electron chi connectivity index (χ4n) is 1.58. The topological polar surface area (TPSA) is 95.1 Å². The van der Waals surface area contributed by atoms with Gasteiger partial charge in [-0.1, -0.05) is 12.1 Å². The van der Waals surface area contributed by atoms with E-state index >= 15 is 0 Å². The average Bonchev–Trinajstić information content (AvgIpc) is 2.38. The number of rotatable bonds is 5. The van der Waals surface area contributed by atoms with Crippen LogP contribution in [0, 0.1) is 12.3 Å². The number of amides is 2. The zero-order valence-electron chi connectivity index (χ0n) is 11.0. The van der Waals surface area contributed by atoms with Crippen molar-refractivity contribution in [3.05, 3.63) is 42.2 Å². The molecule has 6 heteroatoms. The minimum Gasteiger partial charge on any atom is -0.370 e. The predicted molar refractivity (Wildman–Crippen MR) is 74.9 cm³/mol. The molecule has 0 spiro atoms. The van der Waals surface area contributed by atoms with Crippen molar-refractivity contribution >= 4 is 12.0 Å². The molecule has 0 radical (unpaired) electrons. The summed E-state index contributed by atoms with van der Waals surface area (Å²) in [6, 6.07) is 3.41. The minimum atomic E-state index is -0.402. The second-order valence-electron chi connectivity index (χ2n) is 4.03. The molecule has 102 valence electrons. The van der Waals surface area contributed by atoms with Crippen LogP contribution in [0.3, 0.4) is 0 Å². The van der Waals surface area contributed by atoms with Gasteiger partial charge in [-0.3, -0.25) is 15.3 Å². The van der Waals surface area contributed by atoms with Crippen molar-refractivity contribution in [1.82, 2.24) is 15.2 Å². The second-order valence-corrected chi connectivity index (χ2v) is 4.03. The second kappa shape index (κ2) is 7.15. The summed E-state index contributed by atoms with van der Waals surface area (Å²) in [6.45, 7) is 6.12. The number of guanidine groups is 1. The summed E-state index contributed by atoms with van der Waals surface area (Å²) in [5.74, 6) is -0.282. The van der Waals surface area contributed by atoms with Gasteiger partial charge in [0, 0.05) is 31.4 Å². The molecule has 0 aromatic carbocycles. The Labute approximate surface area is 112 Å². The van der Waals surface area contributed by atoms with Crippen molar-refractivity contribution in [2.45, 2.75) is 13.3 Å². The summed E-state index contributed by atoms with van der Waals surface area (Å²) in [6.07, 6.45) is 3.82. The van der Waals surface area contributed by atoms with Gasteiger partial charge < -0.3 is 11.1 Å². The van der Waals surface area contributed by atoms with E-state index in [1.807, 2.05) is 19.1 Å². The van der Waals surface area contributed by atoms with E-state index in [2.05, 4.69) is 16.9 Å². The van der Waals surface area contributed by atoms with E-state index in [1.54, 1.807) is 12.3 Å². The molecular formula is C13H19N5O. The predicted octanol–water partition coefficient (Wildman–Crippen LogP) is 1.02. The number of urea groups is 1. The fourth-order valence-corrected chi connectivity index (χ4v) is 1.58. The maximum atomic E-state index is 11.8. The van der Waals surface area contributed by atoms with Gasteiger partial charge in [0.15, 0.2) is 5.96 Å². The van der Waals surface area contributed by atoms with Crippen LogP contribution < -0.4 is 11.1 Å². The lowest BCUT2D eigenvalue weighted by Gasteiger charge is -2.20. The van der Waals surface area contributed by atoms with Crippen LogP contribution in [-0.4, -0.2) is 35.0 Å². The summed E-state index contributed by atoms with van der Waals surface area (Å²) in [5.41, 5.74) is 7.36. The van der Waals surface area contributed by atoms with Crippen LogP contribution in [0.15, 0.2) is 31.0 Å². The summed E-state index contributed by atoms with van der Waals surface area (Å²) in [4.78, 5) is 17.2. The van der Waals surface area contributed by atoms with Gasteiger partial charge >= 0.3 is 6.03 Å². The number of aromatic nitrogens is 1. The van der Waals surface area contributed by atoms with Gasteiger partial charge in [0.25, 0.3) is 0 Å². The summed E-state index contributed by atoms with van der Waals surface area (Å²) in [7, 11) is 0. The first-order valence-corrected chi connectivity index (χ1v) is 5.97. The van der Waals surface area contributed by atoms with Gasteiger partial charge in [0.05, 0.1) is 0 Å². The van der Waals surface area contributed by atoms with Crippen molar-refractivity contribution in [1.29, 1.82) is 5.41 Å². The highest BCUT2D eigenvalue weighted by atomic mass is 16.2. The number of hydrogen-bond donors (Lipinski definition) is 3. The van der Waals surface area contributed by atoms with Gasteiger partial charge in [-0.2, -0.15) is 0 Å². The zero-order chi connectivity index (χ0) is 14.3. The Morgan fingerprint density at radius 3 is 3.00 bits per heavy atom. The molecule has 0 aliphatic carbocycles. The maximum absolute atomic E-state index is 11.8. The minimum absolute atomic E-state index is 0.282. The molecule has 1 aromatic rings. The SMILES string of the molecule is C=CCNC(=O)N(CCc1ncccc1C)C(=N)N. The van der Waals surface area contributed by atoms with Gasteiger partial charge in [-0.15, -0.1) is 6.58 Å². The average molecular weight is 261 g/mol. The largest absolute Gasteiger partial charge is 0.370 e. The normalized spacial score (nSPS) is 9.74. The molecule has 0 fully saturated rings. The molecule has 0 aliphatic heterocycles. The van der Waals surface area contributed by atoms with E-state index in [-0.39, 0.29) is 5.96 Å². The molecule has 0 saturated carbocycles. The van der Waals surface area contributed by atoms with E-state index in [0.717, 1.165) is 11.3 Å². The first kappa shape index (κ1) is 14.7.